The number of hydrogen-bond donors (Lipinski definition) is 0. The molecule has 1 atom stereocenters. The third-order valence-corrected chi connectivity index (χ3v) is 6.67. The van der Waals surface area contributed by atoms with Gasteiger partial charge in [-0.3, -0.25) is 0 Å². The van der Waals surface area contributed by atoms with Crippen molar-refractivity contribution in [3.05, 3.63) is 101 Å². The smallest absolute Gasteiger partial charge is 0.236 e. The SMILES string of the molecule is O=S(=O)(/N=C(/Cl)N1CC(c2ccccc2)C(c2ccc(Cl)cc2)=N1)c1cc(F)cc(F)c1. The Labute approximate surface area is 193 Å². The van der Waals surface area contributed by atoms with E-state index in [1.165, 1.54) is 5.01 Å². The largest absolute Gasteiger partial charge is 0.285 e. The molecule has 32 heavy (non-hydrogen) atoms. The van der Waals surface area contributed by atoms with Crippen LogP contribution in [0.25, 0.3) is 0 Å². The standard InChI is InChI=1S/C22H15Cl2F2N3O2S/c23-16-8-6-15(7-9-16)21-20(14-4-2-1-3-5-14)13-29(27-21)22(24)28-32(30,31)19-11-17(25)10-18(26)12-19/h1-12,20H,13H2/b28-22-. The molecule has 1 heterocycles. The lowest BCUT2D eigenvalue weighted by Crippen LogP contribution is -2.23. The molecule has 3 aromatic rings. The molecule has 0 aromatic heterocycles. The van der Waals surface area contributed by atoms with Crippen LogP contribution in [-0.4, -0.2) is 31.0 Å². The lowest BCUT2D eigenvalue weighted by Gasteiger charge is -2.15. The zero-order valence-electron chi connectivity index (χ0n) is 16.3. The molecule has 0 fully saturated rings. The summed E-state index contributed by atoms with van der Waals surface area (Å²) in [5.74, 6) is -2.30. The van der Waals surface area contributed by atoms with Gasteiger partial charge in [0, 0.05) is 17.0 Å². The molecule has 164 valence electrons. The quantitative estimate of drug-likeness (QED) is 0.277. The van der Waals surface area contributed by atoms with Gasteiger partial charge in [-0.1, -0.05) is 54.1 Å². The molecule has 0 amide bonds. The lowest BCUT2D eigenvalue weighted by molar-refractivity contribution is 0.483. The topological polar surface area (TPSA) is 62.1 Å². The van der Waals surface area contributed by atoms with E-state index < -0.39 is 31.8 Å². The van der Waals surface area contributed by atoms with Gasteiger partial charge in [0.05, 0.1) is 17.2 Å². The number of hydrogen-bond acceptors (Lipinski definition) is 3. The van der Waals surface area contributed by atoms with Gasteiger partial charge >= 0.3 is 0 Å². The van der Waals surface area contributed by atoms with Crippen molar-refractivity contribution in [1.82, 2.24) is 5.01 Å². The molecule has 4 rings (SSSR count). The minimum absolute atomic E-state index is 0.220. The van der Waals surface area contributed by atoms with Gasteiger partial charge in [-0.2, -0.15) is 13.5 Å². The summed E-state index contributed by atoms with van der Waals surface area (Å²) in [6, 6.07) is 18.5. The fraction of sp³-hybridized carbons (Fsp3) is 0.0909. The number of benzene rings is 3. The van der Waals surface area contributed by atoms with Crippen molar-refractivity contribution >= 4 is 44.2 Å². The first kappa shape index (κ1) is 22.4. The van der Waals surface area contributed by atoms with Gasteiger partial charge in [0.2, 0.25) is 5.29 Å². The zero-order valence-corrected chi connectivity index (χ0v) is 18.6. The average Bonchev–Trinajstić information content (AvgIpc) is 3.20. The van der Waals surface area contributed by atoms with Crippen LogP contribution in [0.2, 0.25) is 5.02 Å². The van der Waals surface area contributed by atoms with Gasteiger partial charge in [0.25, 0.3) is 10.0 Å². The van der Waals surface area contributed by atoms with Crippen LogP contribution in [-0.2, 0) is 10.0 Å². The molecule has 0 radical (unpaired) electrons. The first-order chi connectivity index (χ1) is 15.2. The van der Waals surface area contributed by atoms with Crippen molar-refractivity contribution in [3.8, 4) is 0 Å². The van der Waals surface area contributed by atoms with Gasteiger partial charge in [0.15, 0.2) is 0 Å². The highest BCUT2D eigenvalue weighted by Crippen LogP contribution is 2.30. The van der Waals surface area contributed by atoms with Gasteiger partial charge in [-0.05, 0) is 47.0 Å². The molecule has 0 aliphatic carbocycles. The van der Waals surface area contributed by atoms with E-state index in [1.54, 1.807) is 24.3 Å². The van der Waals surface area contributed by atoms with Crippen molar-refractivity contribution in [1.29, 1.82) is 0 Å². The minimum Gasteiger partial charge on any atom is -0.236 e. The highest BCUT2D eigenvalue weighted by Gasteiger charge is 2.32. The number of nitrogens with zero attached hydrogens (tertiary/aromatic N) is 3. The first-order valence-electron chi connectivity index (χ1n) is 9.36. The maximum Gasteiger partial charge on any atom is 0.285 e. The molecule has 5 nitrogen and oxygen atoms in total. The van der Waals surface area contributed by atoms with E-state index in [2.05, 4.69) is 9.50 Å². The van der Waals surface area contributed by atoms with Crippen LogP contribution in [0.4, 0.5) is 8.78 Å². The Morgan fingerprint density at radius 3 is 2.25 bits per heavy atom. The van der Waals surface area contributed by atoms with Crippen molar-refractivity contribution in [2.45, 2.75) is 10.8 Å². The Morgan fingerprint density at radius 2 is 1.62 bits per heavy atom. The fourth-order valence-corrected chi connectivity index (χ4v) is 4.75. The predicted octanol–water partition coefficient (Wildman–Crippen LogP) is 5.41. The summed E-state index contributed by atoms with van der Waals surface area (Å²) in [6.45, 7) is 0.220. The van der Waals surface area contributed by atoms with Crippen LogP contribution in [0.3, 0.4) is 0 Å². The summed E-state index contributed by atoms with van der Waals surface area (Å²) >= 11 is 12.2. The van der Waals surface area contributed by atoms with Crippen LogP contribution in [0, 0.1) is 11.6 Å². The molecule has 0 N–H and O–H groups in total. The number of amidine groups is 1. The van der Waals surface area contributed by atoms with Crippen molar-refractivity contribution in [2.75, 3.05) is 6.54 Å². The van der Waals surface area contributed by atoms with Crippen LogP contribution < -0.4 is 0 Å². The molecular formula is C22H15Cl2F2N3O2S. The van der Waals surface area contributed by atoms with E-state index in [0.717, 1.165) is 11.1 Å². The summed E-state index contributed by atoms with van der Waals surface area (Å²) < 4.78 is 55.6. The summed E-state index contributed by atoms with van der Waals surface area (Å²) in [6.07, 6.45) is 0. The third-order valence-electron chi connectivity index (χ3n) is 4.80. The van der Waals surface area contributed by atoms with Crippen molar-refractivity contribution < 1.29 is 17.2 Å². The molecule has 0 bridgehead atoms. The second-order valence-electron chi connectivity index (χ2n) is 6.98. The Kier molecular flexibility index (Phi) is 6.28. The highest BCUT2D eigenvalue weighted by molar-refractivity contribution is 7.90. The second kappa shape index (κ2) is 8.97. The van der Waals surface area contributed by atoms with Gasteiger partial charge < -0.3 is 0 Å². The Morgan fingerprint density at radius 1 is 1.00 bits per heavy atom. The van der Waals surface area contributed by atoms with Crippen LogP contribution in [0.5, 0.6) is 0 Å². The Hall–Kier alpha value is -2.81. The molecule has 0 spiro atoms. The van der Waals surface area contributed by atoms with Gasteiger partial charge in [-0.15, -0.1) is 4.40 Å². The van der Waals surface area contributed by atoms with E-state index in [1.807, 2.05) is 30.3 Å². The van der Waals surface area contributed by atoms with Crippen molar-refractivity contribution in [2.24, 2.45) is 9.50 Å². The molecule has 0 saturated heterocycles. The van der Waals surface area contributed by atoms with E-state index in [-0.39, 0.29) is 12.5 Å². The average molecular weight is 494 g/mol. The van der Waals surface area contributed by atoms with Crippen LogP contribution in [0.15, 0.2) is 87.2 Å². The van der Waals surface area contributed by atoms with E-state index >= 15 is 0 Å². The predicted molar refractivity (Wildman–Crippen MR) is 121 cm³/mol. The highest BCUT2D eigenvalue weighted by atomic mass is 35.5. The number of sulfonamides is 1. The lowest BCUT2D eigenvalue weighted by atomic mass is 9.91. The molecule has 0 saturated carbocycles. The first-order valence-corrected chi connectivity index (χ1v) is 11.6. The molecule has 1 aliphatic rings. The van der Waals surface area contributed by atoms with E-state index in [9.17, 15) is 17.2 Å². The maximum atomic E-state index is 13.5. The van der Waals surface area contributed by atoms with E-state index in [4.69, 9.17) is 23.2 Å². The summed E-state index contributed by atoms with van der Waals surface area (Å²) in [4.78, 5) is -0.645. The maximum absolute atomic E-state index is 13.5. The third kappa shape index (κ3) is 4.82. The normalized spacial score (nSPS) is 16.9. The number of halogens is 4. The Bertz CT molecular complexity index is 1290. The van der Waals surface area contributed by atoms with Crippen LogP contribution >= 0.6 is 23.2 Å². The van der Waals surface area contributed by atoms with Gasteiger partial charge in [-0.25, -0.2) is 13.8 Å². The molecule has 10 heteroatoms. The molecular weight excluding hydrogens is 479 g/mol. The zero-order chi connectivity index (χ0) is 22.9. The molecule has 1 aliphatic heterocycles. The summed E-state index contributed by atoms with van der Waals surface area (Å²) in [5.41, 5.74) is 2.38. The van der Waals surface area contributed by atoms with Crippen LogP contribution in [0.1, 0.15) is 17.0 Å². The monoisotopic (exact) mass is 493 g/mol. The second-order valence-corrected chi connectivity index (χ2v) is 9.36. The van der Waals surface area contributed by atoms with Gasteiger partial charge in [0.1, 0.15) is 11.6 Å². The van der Waals surface area contributed by atoms with Crippen molar-refractivity contribution in [3.63, 3.8) is 0 Å². The van der Waals surface area contributed by atoms with E-state index in [0.29, 0.717) is 28.9 Å². The summed E-state index contributed by atoms with van der Waals surface area (Å²) in [5, 5.41) is 5.86. The fourth-order valence-electron chi connectivity index (χ4n) is 3.32. The molecule has 3 aromatic carbocycles. The number of rotatable bonds is 4. The number of hydrazone groups is 1. The molecule has 1 unspecified atom stereocenters. The summed E-state index contributed by atoms with van der Waals surface area (Å²) in [7, 11) is -4.46. The Balaban J connectivity index is 1.71. The minimum atomic E-state index is -4.46.